The number of ether oxygens (including phenoxy) is 1. The third-order valence-electron chi connectivity index (χ3n) is 3.18. The number of carboxylic acids is 1. The van der Waals surface area contributed by atoms with Gasteiger partial charge in [-0.15, -0.1) is 0 Å². The Morgan fingerprint density at radius 3 is 2.64 bits per heavy atom. The van der Waals surface area contributed by atoms with E-state index in [1.54, 1.807) is 7.11 Å². The molecule has 0 aromatic heterocycles. The molecule has 1 aliphatic rings. The highest BCUT2D eigenvalue weighted by atomic mass is 16.5. The second-order valence-electron chi connectivity index (χ2n) is 4.06. The van der Waals surface area contributed by atoms with Crippen LogP contribution in [-0.2, 0) is 9.53 Å². The van der Waals surface area contributed by atoms with E-state index in [0.29, 0.717) is 6.61 Å². The fourth-order valence-electron chi connectivity index (χ4n) is 1.94. The number of likely N-dealkylation sites (N-methyl/N-ethyl adjacent to an activating group) is 1. The number of hydrogen-bond donors (Lipinski definition) is 1. The van der Waals surface area contributed by atoms with Crippen molar-refractivity contribution < 1.29 is 14.6 Å². The van der Waals surface area contributed by atoms with Crippen molar-refractivity contribution in [2.75, 3.05) is 20.8 Å². The van der Waals surface area contributed by atoms with E-state index >= 15 is 0 Å². The van der Waals surface area contributed by atoms with Gasteiger partial charge in [-0.2, -0.15) is 0 Å². The van der Waals surface area contributed by atoms with Crippen LogP contribution >= 0.6 is 0 Å². The van der Waals surface area contributed by atoms with Crippen molar-refractivity contribution in [3.8, 4) is 0 Å². The molecule has 1 saturated carbocycles. The molecule has 4 nitrogen and oxygen atoms in total. The second kappa shape index (κ2) is 4.75. The zero-order valence-corrected chi connectivity index (χ0v) is 9.06. The lowest BCUT2D eigenvalue weighted by Gasteiger charge is -2.42. The maximum absolute atomic E-state index is 10.8. The lowest BCUT2D eigenvalue weighted by molar-refractivity contribution is -0.149. The van der Waals surface area contributed by atoms with Gasteiger partial charge < -0.3 is 9.84 Å². The van der Waals surface area contributed by atoms with Gasteiger partial charge in [-0.05, 0) is 26.8 Å². The van der Waals surface area contributed by atoms with Crippen LogP contribution in [0.3, 0.4) is 0 Å². The molecule has 0 aliphatic heterocycles. The number of rotatable bonds is 5. The quantitative estimate of drug-likeness (QED) is 0.715. The minimum atomic E-state index is -0.669. The summed E-state index contributed by atoms with van der Waals surface area (Å²) < 4.78 is 5.05. The number of nitrogens with zero attached hydrogens (tertiary/aromatic N) is 1. The smallest absolute Gasteiger partial charge is 0.308 e. The summed E-state index contributed by atoms with van der Waals surface area (Å²) in [5.41, 5.74) is 0. The molecular formula is C10H19NO3. The molecule has 1 rings (SSSR count). The van der Waals surface area contributed by atoms with E-state index in [1.165, 1.54) is 0 Å². The summed E-state index contributed by atoms with van der Waals surface area (Å²) in [4.78, 5) is 12.9. The Bertz CT molecular complexity index is 208. The van der Waals surface area contributed by atoms with Crippen molar-refractivity contribution in [2.45, 2.75) is 31.8 Å². The van der Waals surface area contributed by atoms with Crippen LogP contribution in [0, 0.1) is 5.92 Å². The SMILES string of the molecule is COCC(C)N(C)C1CCC1C(=O)O. The molecule has 1 N–H and O–H groups in total. The van der Waals surface area contributed by atoms with E-state index in [-0.39, 0.29) is 18.0 Å². The second-order valence-corrected chi connectivity index (χ2v) is 4.06. The summed E-state index contributed by atoms with van der Waals surface area (Å²) in [5, 5.41) is 8.91. The van der Waals surface area contributed by atoms with Crippen LogP contribution in [0.2, 0.25) is 0 Å². The molecule has 0 aromatic carbocycles. The molecule has 0 bridgehead atoms. The first-order valence-corrected chi connectivity index (χ1v) is 5.01. The molecule has 0 spiro atoms. The molecule has 0 saturated heterocycles. The Hall–Kier alpha value is -0.610. The largest absolute Gasteiger partial charge is 0.481 e. The normalized spacial score (nSPS) is 28.6. The highest BCUT2D eigenvalue weighted by molar-refractivity contribution is 5.72. The van der Waals surface area contributed by atoms with E-state index in [2.05, 4.69) is 11.8 Å². The maximum atomic E-state index is 10.8. The van der Waals surface area contributed by atoms with Gasteiger partial charge in [0, 0.05) is 19.2 Å². The first-order valence-electron chi connectivity index (χ1n) is 5.01. The fourth-order valence-corrected chi connectivity index (χ4v) is 1.94. The van der Waals surface area contributed by atoms with Crippen molar-refractivity contribution in [1.29, 1.82) is 0 Å². The Morgan fingerprint density at radius 2 is 2.29 bits per heavy atom. The molecule has 1 fully saturated rings. The molecule has 0 aromatic rings. The van der Waals surface area contributed by atoms with Gasteiger partial charge in [0.1, 0.15) is 0 Å². The molecule has 14 heavy (non-hydrogen) atoms. The van der Waals surface area contributed by atoms with E-state index in [4.69, 9.17) is 9.84 Å². The highest BCUT2D eigenvalue weighted by Gasteiger charge is 2.40. The molecule has 3 atom stereocenters. The van der Waals surface area contributed by atoms with E-state index in [1.807, 2.05) is 7.05 Å². The molecule has 0 radical (unpaired) electrons. The molecular weight excluding hydrogens is 182 g/mol. The van der Waals surface area contributed by atoms with Crippen molar-refractivity contribution >= 4 is 5.97 Å². The molecule has 0 amide bonds. The summed E-state index contributed by atoms with van der Waals surface area (Å²) in [6.45, 7) is 2.71. The monoisotopic (exact) mass is 201 g/mol. The summed E-state index contributed by atoms with van der Waals surface area (Å²) >= 11 is 0. The van der Waals surface area contributed by atoms with Crippen LogP contribution in [0.1, 0.15) is 19.8 Å². The van der Waals surface area contributed by atoms with Gasteiger partial charge in [-0.1, -0.05) is 0 Å². The van der Waals surface area contributed by atoms with E-state index in [9.17, 15) is 4.79 Å². The molecule has 0 heterocycles. The van der Waals surface area contributed by atoms with Crippen LogP contribution in [-0.4, -0.2) is 48.8 Å². The maximum Gasteiger partial charge on any atom is 0.308 e. The van der Waals surface area contributed by atoms with Gasteiger partial charge in [-0.3, -0.25) is 9.69 Å². The third kappa shape index (κ3) is 2.25. The first-order chi connectivity index (χ1) is 6.57. The standard InChI is InChI=1S/C10H19NO3/c1-7(6-14-3)11(2)9-5-4-8(9)10(12)13/h7-9H,4-6H2,1-3H3,(H,12,13). The molecule has 1 aliphatic carbocycles. The van der Waals surface area contributed by atoms with Crippen LogP contribution in [0.4, 0.5) is 0 Å². The highest BCUT2D eigenvalue weighted by Crippen LogP contribution is 2.32. The first kappa shape index (κ1) is 11.5. The van der Waals surface area contributed by atoms with Gasteiger partial charge in [0.2, 0.25) is 0 Å². The van der Waals surface area contributed by atoms with Gasteiger partial charge in [0.05, 0.1) is 12.5 Å². The van der Waals surface area contributed by atoms with Crippen molar-refractivity contribution in [1.82, 2.24) is 4.90 Å². The summed E-state index contributed by atoms with van der Waals surface area (Å²) in [5.74, 6) is -0.850. The number of carboxylic acid groups (broad SMARTS) is 1. The lowest BCUT2D eigenvalue weighted by Crippen LogP contribution is -2.52. The van der Waals surface area contributed by atoms with Crippen LogP contribution in [0.25, 0.3) is 0 Å². The Balaban J connectivity index is 2.44. The van der Waals surface area contributed by atoms with Crippen LogP contribution in [0.15, 0.2) is 0 Å². The van der Waals surface area contributed by atoms with Crippen molar-refractivity contribution in [2.24, 2.45) is 5.92 Å². The number of carbonyl (C=O) groups is 1. The average molecular weight is 201 g/mol. The predicted molar refractivity (Wildman–Crippen MR) is 53.2 cm³/mol. The summed E-state index contributed by atoms with van der Waals surface area (Å²) in [6.07, 6.45) is 1.80. The third-order valence-corrected chi connectivity index (χ3v) is 3.18. The Labute approximate surface area is 84.8 Å². The van der Waals surface area contributed by atoms with Crippen molar-refractivity contribution in [3.63, 3.8) is 0 Å². The van der Waals surface area contributed by atoms with Gasteiger partial charge in [-0.25, -0.2) is 0 Å². The topological polar surface area (TPSA) is 49.8 Å². The van der Waals surface area contributed by atoms with Gasteiger partial charge in [0.15, 0.2) is 0 Å². The van der Waals surface area contributed by atoms with E-state index < -0.39 is 5.97 Å². The number of hydrogen-bond acceptors (Lipinski definition) is 3. The number of aliphatic carboxylic acids is 1. The van der Waals surface area contributed by atoms with Crippen LogP contribution in [0.5, 0.6) is 0 Å². The fraction of sp³-hybridized carbons (Fsp3) is 0.900. The Kier molecular flexibility index (Phi) is 3.89. The molecule has 3 unspecified atom stereocenters. The van der Waals surface area contributed by atoms with Crippen LogP contribution < -0.4 is 0 Å². The zero-order chi connectivity index (χ0) is 10.7. The van der Waals surface area contributed by atoms with Gasteiger partial charge in [0.25, 0.3) is 0 Å². The zero-order valence-electron chi connectivity index (χ0n) is 9.06. The molecule has 82 valence electrons. The summed E-state index contributed by atoms with van der Waals surface area (Å²) in [7, 11) is 3.64. The summed E-state index contributed by atoms with van der Waals surface area (Å²) in [6, 6.07) is 0.477. The number of methoxy groups -OCH3 is 1. The van der Waals surface area contributed by atoms with Crippen molar-refractivity contribution in [3.05, 3.63) is 0 Å². The lowest BCUT2D eigenvalue weighted by atomic mass is 9.78. The minimum absolute atomic E-state index is 0.181. The molecule has 4 heteroatoms. The predicted octanol–water partition coefficient (Wildman–Crippen LogP) is 0.816. The minimum Gasteiger partial charge on any atom is -0.481 e. The van der Waals surface area contributed by atoms with E-state index in [0.717, 1.165) is 12.8 Å². The van der Waals surface area contributed by atoms with Gasteiger partial charge >= 0.3 is 5.97 Å². The Morgan fingerprint density at radius 1 is 1.64 bits per heavy atom. The average Bonchev–Trinajstić information content (AvgIpc) is 2.01.